The maximum atomic E-state index is 11.3. The number of aromatic carboxylic acids is 1. The SMILES string of the molecule is CC(C)N1CCc2c(C(=O)O)nc(=O)[nH]c2C1. The Bertz CT molecular complexity index is 507. The van der Waals surface area contributed by atoms with E-state index in [-0.39, 0.29) is 5.69 Å². The molecular weight excluding hydrogens is 222 g/mol. The van der Waals surface area contributed by atoms with Crippen molar-refractivity contribution >= 4 is 5.97 Å². The van der Waals surface area contributed by atoms with E-state index in [4.69, 9.17) is 5.11 Å². The average Bonchev–Trinajstić information content (AvgIpc) is 2.26. The predicted octanol–water partition coefficient (Wildman–Crippen LogP) is 0.235. The first-order valence-corrected chi connectivity index (χ1v) is 5.58. The highest BCUT2D eigenvalue weighted by atomic mass is 16.4. The second-order valence-electron chi connectivity index (χ2n) is 4.47. The normalized spacial score (nSPS) is 15.9. The first kappa shape index (κ1) is 11.8. The summed E-state index contributed by atoms with van der Waals surface area (Å²) in [5.41, 5.74) is 0.648. The summed E-state index contributed by atoms with van der Waals surface area (Å²) in [6.45, 7) is 5.51. The Morgan fingerprint density at radius 3 is 2.82 bits per heavy atom. The highest BCUT2D eigenvalue weighted by molar-refractivity contribution is 5.87. The van der Waals surface area contributed by atoms with E-state index < -0.39 is 11.7 Å². The fourth-order valence-electron chi connectivity index (χ4n) is 2.10. The summed E-state index contributed by atoms with van der Waals surface area (Å²) in [6.07, 6.45) is 0.610. The number of aromatic amines is 1. The third-order valence-corrected chi connectivity index (χ3v) is 3.06. The van der Waals surface area contributed by atoms with Gasteiger partial charge in [0.2, 0.25) is 0 Å². The molecule has 0 amide bonds. The monoisotopic (exact) mass is 237 g/mol. The van der Waals surface area contributed by atoms with E-state index >= 15 is 0 Å². The van der Waals surface area contributed by atoms with Gasteiger partial charge in [0.15, 0.2) is 5.69 Å². The number of hydrogen-bond acceptors (Lipinski definition) is 4. The molecule has 1 aliphatic rings. The van der Waals surface area contributed by atoms with Crippen molar-refractivity contribution in [3.63, 3.8) is 0 Å². The minimum atomic E-state index is -1.13. The van der Waals surface area contributed by atoms with Gasteiger partial charge in [-0.1, -0.05) is 0 Å². The third kappa shape index (κ3) is 2.21. The highest BCUT2D eigenvalue weighted by Crippen LogP contribution is 2.19. The second kappa shape index (κ2) is 4.29. The molecule has 2 heterocycles. The van der Waals surface area contributed by atoms with Crippen LogP contribution in [0.15, 0.2) is 4.79 Å². The number of carbonyl (C=O) groups is 1. The van der Waals surface area contributed by atoms with Crippen molar-refractivity contribution in [2.24, 2.45) is 0 Å². The van der Waals surface area contributed by atoms with Crippen LogP contribution in [0.1, 0.15) is 35.6 Å². The molecule has 0 saturated carbocycles. The molecule has 2 N–H and O–H groups in total. The van der Waals surface area contributed by atoms with Gasteiger partial charge >= 0.3 is 11.7 Å². The molecule has 6 heteroatoms. The Labute approximate surface area is 98.3 Å². The van der Waals surface area contributed by atoms with Crippen molar-refractivity contribution in [3.8, 4) is 0 Å². The van der Waals surface area contributed by atoms with Gasteiger partial charge in [0.05, 0.1) is 0 Å². The fraction of sp³-hybridized carbons (Fsp3) is 0.545. The van der Waals surface area contributed by atoms with E-state index in [0.717, 1.165) is 6.54 Å². The smallest absolute Gasteiger partial charge is 0.355 e. The van der Waals surface area contributed by atoms with Gasteiger partial charge in [0.1, 0.15) is 0 Å². The number of aromatic nitrogens is 2. The van der Waals surface area contributed by atoms with Crippen LogP contribution >= 0.6 is 0 Å². The van der Waals surface area contributed by atoms with Crippen molar-refractivity contribution in [1.29, 1.82) is 0 Å². The Balaban J connectivity index is 2.46. The van der Waals surface area contributed by atoms with Crippen molar-refractivity contribution in [2.75, 3.05) is 6.54 Å². The van der Waals surface area contributed by atoms with E-state index in [0.29, 0.717) is 30.3 Å². The number of hydrogen-bond donors (Lipinski definition) is 2. The molecule has 0 bridgehead atoms. The molecule has 6 nitrogen and oxygen atoms in total. The van der Waals surface area contributed by atoms with Crippen LogP contribution < -0.4 is 5.69 Å². The molecule has 0 fully saturated rings. The second-order valence-corrected chi connectivity index (χ2v) is 4.47. The molecule has 1 aromatic heterocycles. The lowest BCUT2D eigenvalue weighted by molar-refractivity contribution is 0.0686. The van der Waals surface area contributed by atoms with Gasteiger partial charge in [-0.25, -0.2) is 9.59 Å². The van der Waals surface area contributed by atoms with E-state index in [1.807, 2.05) is 0 Å². The van der Waals surface area contributed by atoms with Gasteiger partial charge in [-0.05, 0) is 20.3 Å². The van der Waals surface area contributed by atoms with Crippen LogP contribution in [0.4, 0.5) is 0 Å². The molecule has 2 rings (SSSR count). The van der Waals surface area contributed by atoms with Crippen molar-refractivity contribution in [2.45, 2.75) is 32.9 Å². The molecule has 0 unspecified atom stereocenters. The van der Waals surface area contributed by atoms with Crippen molar-refractivity contribution < 1.29 is 9.90 Å². The van der Waals surface area contributed by atoms with Crippen LogP contribution in [-0.2, 0) is 13.0 Å². The molecule has 0 radical (unpaired) electrons. The van der Waals surface area contributed by atoms with Gasteiger partial charge in [0.25, 0.3) is 0 Å². The zero-order valence-corrected chi connectivity index (χ0v) is 9.86. The number of nitrogens with zero attached hydrogens (tertiary/aromatic N) is 2. The lowest BCUT2D eigenvalue weighted by Gasteiger charge is -2.31. The van der Waals surface area contributed by atoms with Crippen LogP contribution in [0.2, 0.25) is 0 Å². The Morgan fingerprint density at radius 1 is 1.53 bits per heavy atom. The molecule has 0 spiro atoms. The zero-order valence-electron chi connectivity index (χ0n) is 9.86. The minimum Gasteiger partial charge on any atom is -0.476 e. The Hall–Kier alpha value is -1.69. The fourth-order valence-corrected chi connectivity index (χ4v) is 2.10. The molecule has 1 aliphatic heterocycles. The van der Waals surface area contributed by atoms with Gasteiger partial charge in [-0.2, -0.15) is 4.98 Å². The maximum absolute atomic E-state index is 11.3. The van der Waals surface area contributed by atoms with Gasteiger partial charge in [-0.3, -0.25) is 4.90 Å². The molecule has 0 atom stereocenters. The van der Waals surface area contributed by atoms with Crippen LogP contribution in [0.3, 0.4) is 0 Å². The molecular formula is C11H15N3O3. The topological polar surface area (TPSA) is 86.3 Å². The van der Waals surface area contributed by atoms with Gasteiger partial charge in [-0.15, -0.1) is 0 Å². The first-order valence-electron chi connectivity index (χ1n) is 5.58. The molecule has 1 aromatic rings. The van der Waals surface area contributed by atoms with Crippen LogP contribution in [0, 0.1) is 0 Å². The van der Waals surface area contributed by atoms with Gasteiger partial charge < -0.3 is 10.1 Å². The molecule has 0 aromatic carbocycles. The summed E-state index contributed by atoms with van der Waals surface area (Å²) in [5, 5.41) is 9.01. The molecule has 0 saturated heterocycles. The number of nitrogens with one attached hydrogen (secondary N) is 1. The summed E-state index contributed by atoms with van der Waals surface area (Å²) >= 11 is 0. The quantitative estimate of drug-likeness (QED) is 0.769. The van der Waals surface area contributed by atoms with E-state index in [2.05, 4.69) is 28.7 Å². The molecule has 17 heavy (non-hydrogen) atoms. The number of carboxylic acid groups (broad SMARTS) is 1. The standard InChI is InChI=1S/C11H15N3O3/c1-6(2)14-4-3-7-8(5-14)12-11(17)13-9(7)10(15)16/h6H,3-5H2,1-2H3,(H,15,16)(H,12,13,17). The lowest BCUT2D eigenvalue weighted by atomic mass is 10.0. The van der Waals surface area contributed by atoms with Crippen LogP contribution in [-0.4, -0.2) is 38.5 Å². The maximum Gasteiger partial charge on any atom is 0.355 e. The van der Waals surface area contributed by atoms with Crippen molar-refractivity contribution in [1.82, 2.24) is 14.9 Å². The van der Waals surface area contributed by atoms with Gasteiger partial charge in [0, 0.05) is 30.4 Å². The minimum absolute atomic E-state index is 0.104. The summed E-state index contributed by atoms with van der Waals surface area (Å²) < 4.78 is 0. The van der Waals surface area contributed by atoms with E-state index in [1.54, 1.807) is 0 Å². The summed E-state index contributed by atoms with van der Waals surface area (Å²) in [7, 11) is 0. The summed E-state index contributed by atoms with van der Waals surface area (Å²) in [6, 6.07) is 0.369. The zero-order chi connectivity index (χ0) is 12.6. The van der Waals surface area contributed by atoms with Crippen LogP contribution in [0.5, 0.6) is 0 Å². The van der Waals surface area contributed by atoms with E-state index in [1.165, 1.54) is 0 Å². The number of carboxylic acids is 1. The average molecular weight is 237 g/mol. The summed E-state index contributed by atoms with van der Waals surface area (Å²) in [5.74, 6) is -1.13. The molecule has 0 aliphatic carbocycles. The van der Waals surface area contributed by atoms with Crippen molar-refractivity contribution in [3.05, 3.63) is 27.4 Å². The molecule has 92 valence electrons. The number of fused-ring (bicyclic) bond motifs is 1. The number of H-pyrrole nitrogens is 1. The lowest BCUT2D eigenvalue weighted by Crippen LogP contribution is -2.38. The summed E-state index contributed by atoms with van der Waals surface area (Å²) in [4.78, 5) is 30.7. The third-order valence-electron chi connectivity index (χ3n) is 3.06. The number of rotatable bonds is 2. The van der Waals surface area contributed by atoms with E-state index in [9.17, 15) is 9.59 Å². The van der Waals surface area contributed by atoms with Crippen LogP contribution in [0.25, 0.3) is 0 Å². The Morgan fingerprint density at radius 2 is 2.24 bits per heavy atom. The largest absolute Gasteiger partial charge is 0.476 e. The predicted molar refractivity (Wildman–Crippen MR) is 61.1 cm³/mol. The highest BCUT2D eigenvalue weighted by Gasteiger charge is 2.24. The Kier molecular flexibility index (Phi) is 2.97. The first-order chi connectivity index (χ1) is 7.99.